The molecule has 0 aliphatic carbocycles. The van der Waals surface area contributed by atoms with Gasteiger partial charge in [-0.1, -0.05) is 18.2 Å². The monoisotopic (exact) mass is 500 g/mol. The number of aliphatic carboxylic acids is 1. The van der Waals surface area contributed by atoms with Crippen molar-refractivity contribution in [3.8, 4) is 5.75 Å². The Hall–Kier alpha value is -3.09. The van der Waals surface area contributed by atoms with Crippen LogP contribution in [0.15, 0.2) is 53.4 Å². The Bertz CT molecular complexity index is 1290. The molecule has 0 fully saturated rings. The maximum Gasteiger partial charge on any atom is 0.490 e. The van der Waals surface area contributed by atoms with Crippen LogP contribution in [0.2, 0.25) is 0 Å². The molecule has 0 saturated carbocycles. The van der Waals surface area contributed by atoms with Crippen molar-refractivity contribution in [1.29, 1.82) is 0 Å². The number of hydrogen-bond donors (Lipinski definition) is 2. The van der Waals surface area contributed by atoms with Crippen molar-refractivity contribution in [2.45, 2.75) is 30.6 Å². The van der Waals surface area contributed by atoms with Gasteiger partial charge in [0.2, 0.25) is 0 Å². The quantitative estimate of drug-likeness (QED) is 0.568. The largest absolute Gasteiger partial charge is 0.492 e. The van der Waals surface area contributed by atoms with Gasteiger partial charge in [0.05, 0.1) is 22.2 Å². The van der Waals surface area contributed by atoms with Gasteiger partial charge in [-0.15, -0.1) is 0 Å². The molecule has 1 unspecified atom stereocenters. The van der Waals surface area contributed by atoms with E-state index in [9.17, 15) is 26.7 Å². The molecule has 1 aliphatic rings. The smallest absolute Gasteiger partial charge is 0.490 e. The summed E-state index contributed by atoms with van der Waals surface area (Å²) in [6.45, 7) is 3.61. The fraction of sp³-hybridized carbons (Fsp3) is 0.318. The number of ether oxygens (including phenoxy) is 1. The molecule has 2 heterocycles. The Morgan fingerprint density at radius 1 is 1.15 bits per heavy atom. The highest BCUT2D eigenvalue weighted by Crippen LogP contribution is 2.36. The third kappa shape index (κ3) is 5.18. The van der Waals surface area contributed by atoms with Crippen LogP contribution in [0, 0.1) is 0 Å². The van der Waals surface area contributed by atoms with E-state index in [0.29, 0.717) is 24.4 Å². The summed E-state index contributed by atoms with van der Waals surface area (Å²) in [5, 5.41) is 18.2. The first-order valence-corrected chi connectivity index (χ1v) is 11.6. The highest BCUT2D eigenvalue weighted by atomic mass is 32.2. The van der Waals surface area contributed by atoms with Crippen molar-refractivity contribution < 1.29 is 41.3 Å². The summed E-state index contributed by atoms with van der Waals surface area (Å²) in [6, 6.07) is 13.6. The van der Waals surface area contributed by atoms with E-state index in [0.717, 1.165) is 23.2 Å². The number of rotatable bonds is 3. The van der Waals surface area contributed by atoms with Crippen LogP contribution >= 0.6 is 0 Å². The van der Waals surface area contributed by atoms with Crippen LogP contribution in [0.4, 0.5) is 13.2 Å². The zero-order chi connectivity index (χ0) is 25.3. The van der Waals surface area contributed by atoms with Gasteiger partial charge in [-0.05, 0) is 44.3 Å². The molecule has 8 nitrogen and oxygen atoms in total. The molecule has 4 rings (SSSR count). The van der Waals surface area contributed by atoms with Crippen molar-refractivity contribution in [1.82, 2.24) is 8.87 Å². The maximum absolute atomic E-state index is 13.3. The predicted octanol–water partition coefficient (Wildman–Crippen LogP) is 3.39. The van der Waals surface area contributed by atoms with Gasteiger partial charge in [0.25, 0.3) is 10.0 Å². The number of aromatic nitrogens is 1. The number of hydrogen-bond acceptors (Lipinski definition) is 6. The Labute approximate surface area is 193 Å². The van der Waals surface area contributed by atoms with E-state index in [4.69, 9.17) is 14.6 Å². The molecule has 2 N–H and O–H groups in total. The lowest BCUT2D eigenvalue weighted by molar-refractivity contribution is -0.192. The predicted molar refractivity (Wildman–Crippen MR) is 117 cm³/mol. The summed E-state index contributed by atoms with van der Waals surface area (Å²) in [5.41, 5.74) is 1.83. The summed E-state index contributed by atoms with van der Waals surface area (Å²) >= 11 is 0. The maximum atomic E-state index is 13.3. The molecule has 34 heavy (non-hydrogen) atoms. The summed E-state index contributed by atoms with van der Waals surface area (Å²) in [6.07, 6.45) is -6.02. The van der Waals surface area contributed by atoms with Gasteiger partial charge >= 0.3 is 12.1 Å². The number of carboxylic acid groups (broad SMARTS) is 1. The Balaban J connectivity index is 0.000000406. The van der Waals surface area contributed by atoms with Crippen LogP contribution in [-0.2, 0) is 21.4 Å². The van der Waals surface area contributed by atoms with Gasteiger partial charge in [-0.25, -0.2) is 17.2 Å². The molecule has 0 saturated heterocycles. The molecular weight excluding hydrogens is 477 g/mol. The molecular formula is C22H23F3N2O6S. The molecule has 1 aliphatic heterocycles. The van der Waals surface area contributed by atoms with Gasteiger partial charge in [-0.3, -0.25) is 4.90 Å². The van der Waals surface area contributed by atoms with Crippen LogP contribution in [-0.4, -0.2) is 59.8 Å². The second-order valence-corrected chi connectivity index (χ2v) is 9.48. The van der Waals surface area contributed by atoms with Crippen molar-refractivity contribution in [2.75, 3.05) is 20.2 Å². The minimum Gasteiger partial charge on any atom is -0.492 e. The standard InChI is InChI=1S/C20H22N2O4S.C2HF3O2/c1-14(23)19-12-16-17-13-21(2)10-11-26-20(17)9-8-18(16)22(19)27(24,25)15-6-4-3-5-7-15;3-2(4,5)1(6)7/h3-9,12,14,23H,10-11,13H2,1-2H3;(H,6,7). The van der Waals surface area contributed by atoms with Crippen LogP contribution < -0.4 is 4.74 Å². The first kappa shape index (κ1) is 25.5. The van der Waals surface area contributed by atoms with Gasteiger partial charge in [0.15, 0.2) is 0 Å². The van der Waals surface area contributed by atoms with E-state index in [1.807, 2.05) is 13.1 Å². The van der Waals surface area contributed by atoms with Crippen molar-refractivity contribution in [3.63, 3.8) is 0 Å². The summed E-state index contributed by atoms with van der Waals surface area (Å²) in [4.78, 5) is 11.2. The number of halogens is 3. The normalized spacial score (nSPS) is 15.5. The molecule has 1 aromatic heterocycles. The van der Waals surface area contributed by atoms with Crippen molar-refractivity contribution in [2.24, 2.45) is 0 Å². The molecule has 2 aromatic carbocycles. The second kappa shape index (κ2) is 9.65. The number of fused-ring (bicyclic) bond motifs is 3. The van der Waals surface area contributed by atoms with E-state index < -0.39 is 28.3 Å². The highest BCUT2D eigenvalue weighted by molar-refractivity contribution is 7.90. The number of nitrogens with zero attached hydrogens (tertiary/aromatic N) is 2. The van der Waals surface area contributed by atoms with E-state index in [2.05, 4.69) is 4.90 Å². The molecule has 0 spiro atoms. The molecule has 0 bridgehead atoms. The molecule has 1 atom stereocenters. The lowest BCUT2D eigenvalue weighted by Gasteiger charge is -2.14. The van der Waals surface area contributed by atoms with Crippen LogP contribution in [0.3, 0.4) is 0 Å². The second-order valence-electron chi connectivity index (χ2n) is 7.69. The van der Waals surface area contributed by atoms with Crippen LogP contribution in [0.5, 0.6) is 5.75 Å². The van der Waals surface area contributed by atoms with E-state index >= 15 is 0 Å². The van der Waals surface area contributed by atoms with E-state index in [-0.39, 0.29) is 4.90 Å². The van der Waals surface area contributed by atoms with Crippen molar-refractivity contribution >= 4 is 26.9 Å². The van der Waals surface area contributed by atoms with Gasteiger partial charge in [-0.2, -0.15) is 13.2 Å². The summed E-state index contributed by atoms with van der Waals surface area (Å²) in [5.74, 6) is -1.99. The van der Waals surface area contributed by atoms with Gasteiger partial charge in [0.1, 0.15) is 12.4 Å². The molecule has 3 aromatic rings. The van der Waals surface area contributed by atoms with Gasteiger partial charge < -0.3 is 14.9 Å². The molecule has 0 amide bonds. The number of carboxylic acids is 1. The minimum atomic E-state index is -5.08. The summed E-state index contributed by atoms with van der Waals surface area (Å²) in [7, 11) is -1.84. The Kier molecular flexibility index (Phi) is 7.24. The molecule has 12 heteroatoms. The Morgan fingerprint density at radius 3 is 2.32 bits per heavy atom. The zero-order valence-electron chi connectivity index (χ0n) is 18.3. The first-order valence-electron chi connectivity index (χ1n) is 10.1. The average Bonchev–Trinajstić information content (AvgIpc) is 3.06. The van der Waals surface area contributed by atoms with Crippen molar-refractivity contribution in [3.05, 3.63) is 59.8 Å². The lowest BCUT2D eigenvalue weighted by atomic mass is 10.1. The molecule has 184 valence electrons. The fourth-order valence-corrected chi connectivity index (χ4v) is 5.14. The first-order chi connectivity index (χ1) is 15.8. The Morgan fingerprint density at radius 2 is 1.76 bits per heavy atom. The zero-order valence-corrected chi connectivity index (χ0v) is 19.1. The van der Waals surface area contributed by atoms with Crippen LogP contribution in [0.25, 0.3) is 10.9 Å². The third-order valence-electron chi connectivity index (χ3n) is 5.15. The minimum absolute atomic E-state index is 0.188. The summed E-state index contributed by atoms with van der Waals surface area (Å²) < 4.78 is 65.5. The number of alkyl halides is 3. The topological polar surface area (TPSA) is 109 Å². The SMILES string of the molecule is CC(O)c1cc2c3c(ccc2n1S(=O)(=O)c1ccccc1)OCCN(C)C3.O=C(O)C(F)(F)F. The molecule has 0 radical (unpaired) electrons. The number of benzene rings is 2. The number of likely N-dealkylation sites (N-methyl/N-ethyl adjacent to an activating group) is 1. The van der Waals surface area contributed by atoms with E-state index in [1.54, 1.807) is 49.4 Å². The van der Waals surface area contributed by atoms with E-state index in [1.165, 1.54) is 3.97 Å². The number of carbonyl (C=O) groups is 1. The number of aliphatic hydroxyl groups excluding tert-OH is 1. The average molecular weight is 500 g/mol. The fourth-order valence-electron chi connectivity index (χ4n) is 3.53. The van der Waals surface area contributed by atoms with Gasteiger partial charge in [0, 0.05) is 24.0 Å². The lowest BCUT2D eigenvalue weighted by Crippen LogP contribution is -2.21. The third-order valence-corrected chi connectivity index (χ3v) is 6.90. The van der Waals surface area contributed by atoms with Crippen LogP contribution in [0.1, 0.15) is 24.3 Å². The number of aliphatic hydroxyl groups is 1. The highest BCUT2D eigenvalue weighted by Gasteiger charge is 2.38.